The maximum Gasteiger partial charge on any atom is 0.311 e. The predicted octanol–water partition coefficient (Wildman–Crippen LogP) is 2.11. The molecule has 20 heavy (non-hydrogen) atoms. The van der Waals surface area contributed by atoms with Gasteiger partial charge >= 0.3 is 5.97 Å². The first-order chi connectivity index (χ1) is 9.42. The molecule has 1 aromatic rings. The molecule has 2 atom stereocenters. The average Bonchev–Trinajstić information content (AvgIpc) is 2.46. The van der Waals surface area contributed by atoms with Crippen molar-refractivity contribution in [3.63, 3.8) is 0 Å². The van der Waals surface area contributed by atoms with E-state index in [0.29, 0.717) is 23.5 Å². The number of rotatable bonds is 6. The SMILES string of the molecule is CCC(C(=O)OC)C(C)(O)c1cc(OC)ccc1OC. The lowest BCUT2D eigenvalue weighted by molar-refractivity contribution is -0.155. The van der Waals surface area contributed by atoms with E-state index in [-0.39, 0.29) is 0 Å². The molecule has 0 radical (unpaired) electrons. The summed E-state index contributed by atoms with van der Waals surface area (Å²) in [6.07, 6.45) is 0.444. The van der Waals surface area contributed by atoms with Crippen LogP contribution in [0.25, 0.3) is 0 Å². The number of hydrogen-bond donors (Lipinski definition) is 1. The van der Waals surface area contributed by atoms with Gasteiger partial charge in [-0.1, -0.05) is 6.92 Å². The molecule has 1 N–H and O–H groups in total. The number of hydrogen-bond acceptors (Lipinski definition) is 5. The maximum absolute atomic E-state index is 11.9. The summed E-state index contributed by atoms with van der Waals surface area (Å²) in [7, 11) is 4.36. The summed E-state index contributed by atoms with van der Waals surface area (Å²) in [6, 6.07) is 5.11. The van der Waals surface area contributed by atoms with Gasteiger partial charge in [-0.05, 0) is 31.5 Å². The predicted molar refractivity (Wildman–Crippen MR) is 74.9 cm³/mol. The van der Waals surface area contributed by atoms with Crippen LogP contribution in [0.4, 0.5) is 0 Å². The number of carbonyl (C=O) groups is 1. The normalized spacial score (nSPS) is 15.1. The quantitative estimate of drug-likeness (QED) is 0.810. The van der Waals surface area contributed by atoms with Gasteiger partial charge in [0, 0.05) is 5.56 Å². The third kappa shape index (κ3) is 3.04. The first-order valence-electron chi connectivity index (χ1n) is 6.45. The molecule has 0 amide bonds. The fraction of sp³-hybridized carbons (Fsp3) is 0.533. The Kier molecular flexibility index (Phi) is 5.39. The van der Waals surface area contributed by atoms with Crippen molar-refractivity contribution in [3.05, 3.63) is 23.8 Å². The van der Waals surface area contributed by atoms with Gasteiger partial charge in [0.25, 0.3) is 0 Å². The Morgan fingerprint density at radius 3 is 2.40 bits per heavy atom. The van der Waals surface area contributed by atoms with Crippen molar-refractivity contribution < 1.29 is 24.1 Å². The molecule has 112 valence electrons. The number of ether oxygens (including phenoxy) is 3. The van der Waals surface area contributed by atoms with Gasteiger partial charge in [0.05, 0.1) is 27.2 Å². The first-order valence-corrected chi connectivity index (χ1v) is 6.45. The number of aliphatic hydroxyl groups is 1. The zero-order valence-electron chi connectivity index (χ0n) is 12.6. The van der Waals surface area contributed by atoms with E-state index in [2.05, 4.69) is 0 Å². The molecule has 0 aliphatic rings. The molecule has 0 aliphatic heterocycles. The second-order valence-electron chi connectivity index (χ2n) is 4.70. The van der Waals surface area contributed by atoms with Crippen LogP contribution in [-0.4, -0.2) is 32.4 Å². The van der Waals surface area contributed by atoms with Crippen LogP contribution in [0, 0.1) is 5.92 Å². The second-order valence-corrected chi connectivity index (χ2v) is 4.70. The minimum atomic E-state index is -1.41. The highest BCUT2D eigenvalue weighted by molar-refractivity contribution is 5.74. The van der Waals surface area contributed by atoms with E-state index in [1.54, 1.807) is 25.1 Å². The Hall–Kier alpha value is -1.75. The summed E-state index contributed by atoms with van der Waals surface area (Å²) in [4.78, 5) is 11.9. The molecule has 0 heterocycles. The standard InChI is InChI=1S/C15H22O5/c1-6-11(14(16)20-5)15(2,17)12-9-10(18-3)7-8-13(12)19-4/h7-9,11,17H,6H2,1-5H3. The molecule has 0 saturated carbocycles. The second kappa shape index (κ2) is 6.61. The van der Waals surface area contributed by atoms with Crippen molar-refractivity contribution in [2.45, 2.75) is 25.9 Å². The van der Waals surface area contributed by atoms with Crippen LogP contribution < -0.4 is 9.47 Å². The third-order valence-electron chi connectivity index (χ3n) is 3.52. The fourth-order valence-corrected chi connectivity index (χ4v) is 2.33. The van der Waals surface area contributed by atoms with Gasteiger partial charge in [0.2, 0.25) is 0 Å². The van der Waals surface area contributed by atoms with Crippen molar-refractivity contribution in [1.82, 2.24) is 0 Å². The summed E-state index contributed by atoms with van der Waals surface area (Å²) in [5, 5.41) is 10.8. The van der Waals surface area contributed by atoms with Crippen molar-refractivity contribution >= 4 is 5.97 Å². The van der Waals surface area contributed by atoms with Gasteiger partial charge in [-0.25, -0.2) is 0 Å². The molecule has 0 aliphatic carbocycles. The highest BCUT2D eigenvalue weighted by Crippen LogP contribution is 2.39. The molecule has 1 aromatic carbocycles. The largest absolute Gasteiger partial charge is 0.497 e. The average molecular weight is 282 g/mol. The van der Waals surface area contributed by atoms with E-state index < -0.39 is 17.5 Å². The van der Waals surface area contributed by atoms with Gasteiger partial charge in [0.15, 0.2) is 0 Å². The Morgan fingerprint density at radius 2 is 1.95 bits per heavy atom. The minimum absolute atomic E-state index is 0.444. The number of carbonyl (C=O) groups excluding carboxylic acids is 1. The van der Waals surface area contributed by atoms with Crippen molar-refractivity contribution in [3.8, 4) is 11.5 Å². The van der Waals surface area contributed by atoms with Crippen LogP contribution in [0.15, 0.2) is 18.2 Å². The van der Waals surface area contributed by atoms with Crippen molar-refractivity contribution in [2.24, 2.45) is 5.92 Å². The topological polar surface area (TPSA) is 65.0 Å². The monoisotopic (exact) mass is 282 g/mol. The van der Waals surface area contributed by atoms with Crippen LogP contribution in [0.5, 0.6) is 11.5 Å². The van der Waals surface area contributed by atoms with Crippen molar-refractivity contribution in [1.29, 1.82) is 0 Å². The van der Waals surface area contributed by atoms with E-state index in [4.69, 9.17) is 14.2 Å². The lowest BCUT2D eigenvalue weighted by atomic mass is 9.80. The van der Waals surface area contributed by atoms with E-state index in [0.717, 1.165) is 0 Å². The third-order valence-corrected chi connectivity index (χ3v) is 3.52. The van der Waals surface area contributed by atoms with Gasteiger partial charge in [-0.3, -0.25) is 4.79 Å². The number of esters is 1. The van der Waals surface area contributed by atoms with Gasteiger partial charge in [-0.2, -0.15) is 0 Å². The van der Waals surface area contributed by atoms with Crippen LogP contribution in [0.3, 0.4) is 0 Å². The minimum Gasteiger partial charge on any atom is -0.497 e. The summed E-state index contributed by atoms with van der Waals surface area (Å²) in [6.45, 7) is 3.40. The summed E-state index contributed by atoms with van der Waals surface area (Å²) in [5.74, 6) is -0.0603. The molecular formula is C15H22O5. The van der Waals surface area contributed by atoms with E-state index in [1.807, 2.05) is 6.92 Å². The molecule has 5 nitrogen and oxygen atoms in total. The zero-order chi connectivity index (χ0) is 15.3. The lowest BCUT2D eigenvalue weighted by Crippen LogP contribution is -2.38. The molecule has 0 spiro atoms. The highest BCUT2D eigenvalue weighted by Gasteiger charge is 2.40. The number of methoxy groups -OCH3 is 3. The Morgan fingerprint density at radius 1 is 1.30 bits per heavy atom. The maximum atomic E-state index is 11.9. The molecule has 2 unspecified atom stereocenters. The smallest absolute Gasteiger partial charge is 0.311 e. The molecule has 0 bridgehead atoms. The molecule has 5 heteroatoms. The van der Waals surface area contributed by atoms with Crippen molar-refractivity contribution in [2.75, 3.05) is 21.3 Å². The van der Waals surface area contributed by atoms with Crippen LogP contribution >= 0.6 is 0 Å². The summed E-state index contributed by atoms with van der Waals surface area (Å²) < 4.78 is 15.2. The van der Waals surface area contributed by atoms with Crippen LogP contribution in [-0.2, 0) is 15.1 Å². The molecule has 0 aromatic heterocycles. The lowest BCUT2D eigenvalue weighted by Gasteiger charge is -2.32. The Labute approximate surface area is 119 Å². The zero-order valence-corrected chi connectivity index (χ0v) is 12.6. The Balaban J connectivity index is 3.34. The summed E-state index contributed by atoms with van der Waals surface area (Å²) >= 11 is 0. The first kappa shape index (κ1) is 16.3. The fourth-order valence-electron chi connectivity index (χ4n) is 2.33. The Bertz CT molecular complexity index is 467. The van der Waals surface area contributed by atoms with E-state index in [1.165, 1.54) is 21.3 Å². The summed E-state index contributed by atoms with van der Waals surface area (Å²) in [5.41, 5.74) is -0.918. The van der Waals surface area contributed by atoms with Crippen LogP contribution in [0.2, 0.25) is 0 Å². The molecular weight excluding hydrogens is 260 g/mol. The van der Waals surface area contributed by atoms with Crippen LogP contribution in [0.1, 0.15) is 25.8 Å². The van der Waals surface area contributed by atoms with E-state index in [9.17, 15) is 9.90 Å². The van der Waals surface area contributed by atoms with E-state index >= 15 is 0 Å². The van der Waals surface area contributed by atoms with Gasteiger partial charge in [-0.15, -0.1) is 0 Å². The highest BCUT2D eigenvalue weighted by atomic mass is 16.5. The molecule has 1 rings (SSSR count). The van der Waals surface area contributed by atoms with Gasteiger partial charge in [0.1, 0.15) is 17.1 Å². The van der Waals surface area contributed by atoms with Gasteiger partial charge < -0.3 is 19.3 Å². The molecule has 0 saturated heterocycles. The molecule has 0 fully saturated rings. The number of benzene rings is 1.